The second kappa shape index (κ2) is 5.32. The lowest BCUT2D eigenvalue weighted by Gasteiger charge is -2.04. The number of hydrogen-bond donors (Lipinski definition) is 1. The maximum Gasteiger partial charge on any atom is 0.142 e. The summed E-state index contributed by atoms with van der Waals surface area (Å²) >= 11 is 5.02. The van der Waals surface area contributed by atoms with Gasteiger partial charge < -0.3 is 5.73 Å². The van der Waals surface area contributed by atoms with E-state index in [1.54, 1.807) is 11.8 Å². The Morgan fingerprint density at radius 1 is 1.19 bits per heavy atom. The fourth-order valence-electron chi connectivity index (χ4n) is 1.19. The molecule has 82 valence electrons. The first kappa shape index (κ1) is 11.4. The number of hydrogen-bond acceptors (Lipinski definition) is 4. The van der Waals surface area contributed by atoms with Crippen LogP contribution in [0.3, 0.4) is 0 Å². The zero-order chi connectivity index (χ0) is 11.4. The van der Waals surface area contributed by atoms with Crippen molar-refractivity contribution in [3.8, 4) is 0 Å². The molecule has 0 bridgehead atoms. The first-order valence-electron chi connectivity index (χ1n) is 4.70. The normalized spacial score (nSPS) is 10.3. The number of nitrogens with zero attached hydrogens (tertiary/aromatic N) is 2. The first-order chi connectivity index (χ1) is 7.77. The minimum absolute atomic E-state index is 0.477. The molecule has 2 aromatic rings. The number of benzene rings is 1. The lowest BCUT2D eigenvalue weighted by molar-refractivity contribution is 1.03. The van der Waals surface area contributed by atoms with Gasteiger partial charge in [0.2, 0.25) is 0 Å². The van der Waals surface area contributed by atoms with Crippen LogP contribution in [0.5, 0.6) is 0 Å². The summed E-state index contributed by atoms with van der Waals surface area (Å²) in [6.45, 7) is 0. The molecule has 2 rings (SSSR count). The average molecular weight is 296 g/mol. The molecule has 1 aromatic carbocycles. The van der Waals surface area contributed by atoms with Crippen LogP contribution in [0.4, 0.5) is 5.82 Å². The van der Waals surface area contributed by atoms with Crippen molar-refractivity contribution in [1.29, 1.82) is 0 Å². The number of aromatic nitrogens is 2. The lowest BCUT2D eigenvalue weighted by atomic mass is 10.2. The van der Waals surface area contributed by atoms with Crippen LogP contribution in [0.2, 0.25) is 0 Å². The van der Waals surface area contributed by atoms with Gasteiger partial charge in [-0.2, -0.15) is 0 Å². The van der Waals surface area contributed by atoms with Crippen molar-refractivity contribution >= 4 is 33.5 Å². The van der Waals surface area contributed by atoms with Gasteiger partial charge in [-0.1, -0.05) is 30.3 Å². The molecule has 0 unspecified atom stereocenters. The number of anilines is 1. The summed E-state index contributed by atoms with van der Waals surface area (Å²) in [4.78, 5) is 8.08. The summed E-state index contributed by atoms with van der Waals surface area (Å²) < 4.78 is 0.774. The maximum atomic E-state index is 5.68. The molecule has 2 N–H and O–H groups in total. The molecule has 3 nitrogen and oxygen atoms in total. The fraction of sp³-hybridized carbons (Fsp3) is 0.0909. The SMILES string of the molecule is Nc1ncnc(SCc2ccccc2)c1Br. The highest BCUT2D eigenvalue weighted by molar-refractivity contribution is 9.10. The summed E-state index contributed by atoms with van der Waals surface area (Å²) in [7, 11) is 0. The Morgan fingerprint density at radius 3 is 2.69 bits per heavy atom. The highest BCUT2D eigenvalue weighted by atomic mass is 79.9. The molecule has 0 aliphatic rings. The second-order valence-corrected chi connectivity index (χ2v) is 4.91. The molecule has 0 saturated carbocycles. The Kier molecular flexibility index (Phi) is 3.79. The number of nitrogens with two attached hydrogens (primary N) is 1. The van der Waals surface area contributed by atoms with Gasteiger partial charge >= 0.3 is 0 Å². The van der Waals surface area contributed by atoms with Gasteiger partial charge in [0.25, 0.3) is 0 Å². The number of rotatable bonds is 3. The number of thioether (sulfide) groups is 1. The quantitative estimate of drug-likeness (QED) is 0.698. The van der Waals surface area contributed by atoms with Gasteiger partial charge in [0, 0.05) is 5.75 Å². The molecule has 5 heteroatoms. The molecular weight excluding hydrogens is 286 g/mol. The van der Waals surface area contributed by atoms with E-state index in [-0.39, 0.29) is 0 Å². The van der Waals surface area contributed by atoms with E-state index in [0.29, 0.717) is 5.82 Å². The third-order valence-electron chi connectivity index (χ3n) is 2.00. The molecule has 0 fully saturated rings. The minimum atomic E-state index is 0.477. The van der Waals surface area contributed by atoms with Crippen molar-refractivity contribution < 1.29 is 0 Å². The minimum Gasteiger partial charge on any atom is -0.383 e. The van der Waals surface area contributed by atoms with Gasteiger partial charge in [-0.3, -0.25) is 0 Å². The van der Waals surface area contributed by atoms with E-state index in [4.69, 9.17) is 5.73 Å². The van der Waals surface area contributed by atoms with Crippen LogP contribution in [0.1, 0.15) is 5.56 Å². The Balaban J connectivity index is 2.08. The van der Waals surface area contributed by atoms with Crippen LogP contribution in [-0.4, -0.2) is 9.97 Å². The van der Waals surface area contributed by atoms with Gasteiger partial charge in [-0.25, -0.2) is 9.97 Å². The summed E-state index contributed by atoms with van der Waals surface area (Å²) in [5, 5.41) is 0.872. The predicted molar refractivity (Wildman–Crippen MR) is 70.1 cm³/mol. The van der Waals surface area contributed by atoms with Crippen molar-refractivity contribution in [2.24, 2.45) is 0 Å². The Hall–Kier alpha value is -1.07. The Bertz CT molecular complexity index is 476. The Labute approximate surface area is 107 Å². The molecule has 0 atom stereocenters. The maximum absolute atomic E-state index is 5.68. The molecule has 16 heavy (non-hydrogen) atoms. The number of halogens is 1. The highest BCUT2D eigenvalue weighted by Crippen LogP contribution is 2.30. The molecule has 1 heterocycles. The molecule has 0 spiro atoms. The predicted octanol–water partition coefficient (Wildman–Crippen LogP) is 3.11. The van der Waals surface area contributed by atoms with E-state index in [9.17, 15) is 0 Å². The molecule has 0 amide bonds. The zero-order valence-corrected chi connectivity index (χ0v) is 10.8. The summed E-state index contributed by atoms with van der Waals surface area (Å²) in [5.41, 5.74) is 6.94. The third-order valence-corrected chi connectivity index (χ3v) is 4.11. The zero-order valence-electron chi connectivity index (χ0n) is 8.43. The fourth-order valence-corrected chi connectivity index (χ4v) is 2.59. The largest absolute Gasteiger partial charge is 0.383 e. The molecule has 0 aliphatic carbocycles. The molecule has 1 aromatic heterocycles. The van der Waals surface area contributed by atoms with E-state index in [0.717, 1.165) is 15.3 Å². The second-order valence-electron chi connectivity index (χ2n) is 3.15. The number of nitrogen functional groups attached to an aromatic ring is 1. The van der Waals surface area contributed by atoms with Crippen LogP contribution in [0.25, 0.3) is 0 Å². The molecule has 0 radical (unpaired) electrons. The van der Waals surface area contributed by atoms with Crippen LogP contribution < -0.4 is 5.73 Å². The van der Waals surface area contributed by atoms with Crippen molar-refractivity contribution in [3.63, 3.8) is 0 Å². The van der Waals surface area contributed by atoms with Gasteiger partial charge in [-0.05, 0) is 21.5 Å². The van der Waals surface area contributed by atoms with Crippen LogP contribution >= 0.6 is 27.7 Å². The van der Waals surface area contributed by atoms with E-state index in [1.165, 1.54) is 11.9 Å². The standard InChI is InChI=1S/C11H10BrN3S/c12-9-10(13)14-7-15-11(9)16-6-8-4-2-1-3-5-8/h1-5,7H,6H2,(H2,13,14,15). The molecule has 0 aliphatic heterocycles. The summed E-state index contributed by atoms with van der Waals surface area (Å²) in [6.07, 6.45) is 1.48. The van der Waals surface area contributed by atoms with Gasteiger partial charge in [-0.15, -0.1) is 11.8 Å². The smallest absolute Gasteiger partial charge is 0.142 e. The molecule has 0 saturated heterocycles. The van der Waals surface area contributed by atoms with E-state index < -0.39 is 0 Å². The van der Waals surface area contributed by atoms with E-state index in [1.807, 2.05) is 18.2 Å². The summed E-state index contributed by atoms with van der Waals surface area (Å²) in [6, 6.07) is 10.2. The van der Waals surface area contributed by atoms with Crippen molar-refractivity contribution in [1.82, 2.24) is 9.97 Å². The topological polar surface area (TPSA) is 51.8 Å². The van der Waals surface area contributed by atoms with E-state index in [2.05, 4.69) is 38.0 Å². The highest BCUT2D eigenvalue weighted by Gasteiger charge is 2.06. The van der Waals surface area contributed by atoms with Crippen molar-refractivity contribution in [2.75, 3.05) is 5.73 Å². The monoisotopic (exact) mass is 295 g/mol. The first-order valence-corrected chi connectivity index (χ1v) is 6.48. The van der Waals surface area contributed by atoms with Gasteiger partial charge in [0.1, 0.15) is 17.2 Å². The lowest BCUT2D eigenvalue weighted by Crippen LogP contribution is -1.95. The van der Waals surface area contributed by atoms with Crippen LogP contribution in [0.15, 0.2) is 46.2 Å². The van der Waals surface area contributed by atoms with Gasteiger partial charge in [0.05, 0.1) is 4.47 Å². The average Bonchev–Trinajstić information content (AvgIpc) is 2.32. The summed E-state index contributed by atoms with van der Waals surface area (Å²) in [5.74, 6) is 1.35. The van der Waals surface area contributed by atoms with Gasteiger partial charge in [0.15, 0.2) is 0 Å². The Morgan fingerprint density at radius 2 is 1.94 bits per heavy atom. The van der Waals surface area contributed by atoms with E-state index >= 15 is 0 Å². The van der Waals surface area contributed by atoms with Crippen molar-refractivity contribution in [3.05, 3.63) is 46.7 Å². The molecular formula is C11H10BrN3S. The van der Waals surface area contributed by atoms with Crippen molar-refractivity contribution in [2.45, 2.75) is 10.8 Å². The van der Waals surface area contributed by atoms with Crippen LogP contribution in [-0.2, 0) is 5.75 Å². The van der Waals surface area contributed by atoms with Crippen LogP contribution in [0, 0.1) is 0 Å². The third kappa shape index (κ3) is 2.74.